The number of aliphatic imine (C=N–C) groups is 1. The minimum absolute atomic E-state index is 0.478. The van der Waals surface area contributed by atoms with Crippen molar-refractivity contribution in [2.45, 2.75) is 13.1 Å². The highest BCUT2D eigenvalue weighted by Crippen LogP contribution is 2.17. The van der Waals surface area contributed by atoms with Gasteiger partial charge in [0.25, 0.3) is 0 Å². The molecule has 0 bridgehead atoms. The van der Waals surface area contributed by atoms with Gasteiger partial charge in [0.1, 0.15) is 12.9 Å². The fourth-order valence-electron chi connectivity index (χ4n) is 2.51. The van der Waals surface area contributed by atoms with E-state index in [9.17, 15) is 0 Å². The van der Waals surface area contributed by atoms with Crippen LogP contribution < -0.4 is 15.4 Å². The Morgan fingerprint density at radius 3 is 2.62 bits per heavy atom. The van der Waals surface area contributed by atoms with Crippen LogP contribution in [-0.2, 0) is 17.8 Å². The Balaban J connectivity index is 1.46. The third kappa shape index (κ3) is 6.32. The lowest BCUT2D eigenvalue weighted by molar-refractivity contribution is 0.143. The number of methoxy groups -OCH3 is 1. The zero-order chi connectivity index (χ0) is 20.3. The summed E-state index contributed by atoms with van der Waals surface area (Å²) in [5, 5.41) is 6.47. The number of pyridine rings is 1. The lowest BCUT2D eigenvalue weighted by atomic mass is 10.2. The number of hydrogen-bond donors (Lipinski definition) is 2. The summed E-state index contributed by atoms with van der Waals surface area (Å²) in [6.45, 7) is 2.09. The number of rotatable bonds is 9. The molecule has 0 aliphatic carbocycles. The molecule has 0 amide bonds. The largest absolute Gasteiger partial charge is 0.475 e. The van der Waals surface area contributed by atoms with Gasteiger partial charge < -0.3 is 24.5 Å². The molecule has 0 unspecified atom stereocenters. The summed E-state index contributed by atoms with van der Waals surface area (Å²) < 4.78 is 16.0. The van der Waals surface area contributed by atoms with E-state index in [-0.39, 0.29) is 0 Å². The minimum atomic E-state index is 0.478. The Morgan fingerprint density at radius 1 is 1.07 bits per heavy atom. The first-order valence-electron chi connectivity index (χ1n) is 9.29. The van der Waals surface area contributed by atoms with Crippen molar-refractivity contribution in [3.8, 4) is 17.3 Å². The summed E-state index contributed by atoms with van der Waals surface area (Å²) in [6, 6.07) is 13.6. The van der Waals surface area contributed by atoms with E-state index in [2.05, 4.69) is 25.6 Å². The zero-order valence-corrected chi connectivity index (χ0v) is 16.6. The smallest absolute Gasteiger partial charge is 0.226 e. The summed E-state index contributed by atoms with van der Waals surface area (Å²) >= 11 is 0. The number of aromatic nitrogens is 2. The van der Waals surface area contributed by atoms with E-state index in [1.807, 2.05) is 42.5 Å². The summed E-state index contributed by atoms with van der Waals surface area (Å²) in [5.74, 6) is 1.84. The molecule has 0 aliphatic heterocycles. The molecule has 8 heteroatoms. The standard InChI is InChI=1S/C21H25N5O3/c1-22-21(24-13-16-8-9-19(23-12-16)28-11-10-27-2)25-14-18-15-29-20(26-18)17-6-4-3-5-7-17/h3-9,12,15H,10-11,13-14H2,1-2H3,(H2,22,24,25). The van der Waals surface area contributed by atoms with Gasteiger partial charge in [-0.2, -0.15) is 0 Å². The molecule has 0 saturated heterocycles. The van der Waals surface area contributed by atoms with Crippen LogP contribution in [0.1, 0.15) is 11.3 Å². The van der Waals surface area contributed by atoms with E-state index in [0.29, 0.717) is 44.0 Å². The normalized spacial score (nSPS) is 11.3. The molecule has 152 valence electrons. The van der Waals surface area contributed by atoms with E-state index in [1.165, 1.54) is 0 Å². The molecule has 1 aromatic carbocycles. The predicted octanol–water partition coefficient (Wildman–Crippen LogP) is 2.63. The molecule has 0 atom stereocenters. The molecule has 0 radical (unpaired) electrons. The van der Waals surface area contributed by atoms with Crippen molar-refractivity contribution >= 4 is 5.96 Å². The van der Waals surface area contributed by atoms with Gasteiger partial charge in [0.15, 0.2) is 5.96 Å². The molecule has 0 saturated carbocycles. The number of ether oxygens (including phenoxy) is 2. The van der Waals surface area contributed by atoms with E-state index < -0.39 is 0 Å². The van der Waals surface area contributed by atoms with Crippen molar-refractivity contribution in [3.63, 3.8) is 0 Å². The van der Waals surface area contributed by atoms with Gasteiger partial charge in [0.2, 0.25) is 11.8 Å². The first-order chi connectivity index (χ1) is 14.3. The van der Waals surface area contributed by atoms with Crippen LogP contribution in [-0.4, -0.2) is 43.3 Å². The quantitative estimate of drug-likeness (QED) is 0.327. The number of guanidine groups is 1. The first-order valence-corrected chi connectivity index (χ1v) is 9.29. The predicted molar refractivity (Wildman–Crippen MR) is 111 cm³/mol. The lowest BCUT2D eigenvalue weighted by Gasteiger charge is -2.11. The molecule has 2 aromatic heterocycles. The molecule has 0 spiro atoms. The van der Waals surface area contributed by atoms with Crippen LogP contribution in [0, 0.1) is 0 Å². The zero-order valence-electron chi connectivity index (χ0n) is 16.6. The molecule has 8 nitrogen and oxygen atoms in total. The highest BCUT2D eigenvalue weighted by molar-refractivity contribution is 5.79. The molecule has 3 rings (SSSR count). The third-order valence-electron chi connectivity index (χ3n) is 4.03. The molecular formula is C21H25N5O3. The average molecular weight is 395 g/mol. The minimum Gasteiger partial charge on any atom is -0.475 e. The third-order valence-corrected chi connectivity index (χ3v) is 4.03. The molecule has 2 heterocycles. The molecule has 29 heavy (non-hydrogen) atoms. The molecule has 3 aromatic rings. The van der Waals surface area contributed by atoms with Gasteiger partial charge in [0, 0.05) is 38.5 Å². The van der Waals surface area contributed by atoms with Crippen LogP contribution >= 0.6 is 0 Å². The second-order valence-electron chi connectivity index (χ2n) is 6.14. The fraction of sp³-hybridized carbons (Fsp3) is 0.286. The van der Waals surface area contributed by atoms with E-state index >= 15 is 0 Å². The summed E-state index contributed by atoms with van der Waals surface area (Å²) in [6.07, 6.45) is 3.42. The van der Waals surface area contributed by atoms with Gasteiger partial charge in [0.05, 0.1) is 18.8 Å². The van der Waals surface area contributed by atoms with Crippen molar-refractivity contribution in [2.24, 2.45) is 4.99 Å². The van der Waals surface area contributed by atoms with Gasteiger partial charge in [-0.05, 0) is 17.7 Å². The maximum atomic E-state index is 5.55. The van der Waals surface area contributed by atoms with Crippen LogP contribution in [0.15, 0.2) is 64.3 Å². The maximum absolute atomic E-state index is 5.55. The monoisotopic (exact) mass is 395 g/mol. The summed E-state index contributed by atoms with van der Waals surface area (Å²) in [5.41, 5.74) is 2.76. The van der Waals surface area contributed by atoms with E-state index in [1.54, 1.807) is 26.6 Å². The maximum Gasteiger partial charge on any atom is 0.226 e. The number of hydrogen-bond acceptors (Lipinski definition) is 6. The Bertz CT molecular complexity index is 894. The highest BCUT2D eigenvalue weighted by Gasteiger charge is 2.07. The molecular weight excluding hydrogens is 370 g/mol. The Labute approximate surface area is 170 Å². The van der Waals surface area contributed by atoms with Crippen molar-refractivity contribution in [1.29, 1.82) is 0 Å². The SMILES string of the molecule is CN=C(NCc1ccc(OCCOC)nc1)NCc1coc(-c2ccccc2)n1. The van der Waals surface area contributed by atoms with Crippen LogP contribution in [0.2, 0.25) is 0 Å². The van der Waals surface area contributed by atoms with Crippen molar-refractivity contribution in [2.75, 3.05) is 27.4 Å². The second-order valence-corrected chi connectivity index (χ2v) is 6.14. The van der Waals surface area contributed by atoms with E-state index in [0.717, 1.165) is 16.8 Å². The van der Waals surface area contributed by atoms with Crippen molar-refractivity contribution in [1.82, 2.24) is 20.6 Å². The summed E-state index contributed by atoms with van der Waals surface area (Å²) in [7, 11) is 3.36. The Morgan fingerprint density at radius 2 is 1.90 bits per heavy atom. The first kappa shape index (κ1) is 20.3. The highest BCUT2D eigenvalue weighted by atomic mass is 16.5. The number of nitrogens with one attached hydrogen (secondary N) is 2. The number of oxazole rings is 1. The van der Waals surface area contributed by atoms with Gasteiger partial charge in [-0.3, -0.25) is 4.99 Å². The molecule has 2 N–H and O–H groups in total. The van der Waals surface area contributed by atoms with Gasteiger partial charge in [-0.1, -0.05) is 24.3 Å². The van der Waals surface area contributed by atoms with Crippen molar-refractivity contribution < 1.29 is 13.9 Å². The molecule has 0 fully saturated rings. The van der Waals surface area contributed by atoms with E-state index in [4.69, 9.17) is 13.9 Å². The van der Waals surface area contributed by atoms with Crippen molar-refractivity contribution in [3.05, 3.63) is 66.2 Å². The topological polar surface area (TPSA) is 93.8 Å². The van der Waals surface area contributed by atoms with Crippen LogP contribution in [0.3, 0.4) is 0 Å². The van der Waals surface area contributed by atoms with Crippen LogP contribution in [0.4, 0.5) is 0 Å². The lowest BCUT2D eigenvalue weighted by Crippen LogP contribution is -2.36. The fourth-order valence-corrected chi connectivity index (χ4v) is 2.51. The van der Waals surface area contributed by atoms with Crippen LogP contribution in [0.5, 0.6) is 5.88 Å². The molecule has 0 aliphatic rings. The number of nitrogens with zero attached hydrogens (tertiary/aromatic N) is 3. The van der Waals surface area contributed by atoms with Crippen LogP contribution in [0.25, 0.3) is 11.5 Å². The second kappa shape index (κ2) is 10.8. The number of benzene rings is 1. The Kier molecular flexibility index (Phi) is 7.59. The van der Waals surface area contributed by atoms with Gasteiger partial charge >= 0.3 is 0 Å². The summed E-state index contributed by atoms with van der Waals surface area (Å²) in [4.78, 5) is 13.0. The average Bonchev–Trinajstić information content (AvgIpc) is 3.25. The van der Waals surface area contributed by atoms with Gasteiger partial charge in [-0.15, -0.1) is 0 Å². The Hall–Kier alpha value is -3.39. The van der Waals surface area contributed by atoms with Gasteiger partial charge in [-0.25, -0.2) is 9.97 Å².